The van der Waals surface area contributed by atoms with E-state index in [0.717, 1.165) is 10.8 Å². The van der Waals surface area contributed by atoms with Crippen molar-refractivity contribution in [1.82, 2.24) is 4.98 Å². The molecule has 0 amide bonds. The number of azide groups is 1. The molecule has 0 aliphatic carbocycles. The number of fused-ring (bicyclic) bond motifs is 1. The van der Waals surface area contributed by atoms with Gasteiger partial charge in [-0.15, -0.1) is 0 Å². The van der Waals surface area contributed by atoms with Gasteiger partial charge in [0.2, 0.25) is 0 Å². The van der Waals surface area contributed by atoms with Crippen LogP contribution in [-0.2, 0) is 0 Å². The summed E-state index contributed by atoms with van der Waals surface area (Å²) in [6, 6.07) is 7.43. The van der Waals surface area contributed by atoms with E-state index in [1.807, 2.05) is 24.3 Å². The molecule has 0 spiro atoms. The standard InChI is InChI=1S/C12H12N4O2/c13-16-15-7-11(17)12(18)10-6-14-5-8-3-1-2-4-9(8)10/h1-6,11-12,17-18H,7H2. The summed E-state index contributed by atoms with van der Waals surface area (Å²) in [5, 5.41) is 24.7. The van der Waals surface area contributed by atoms with Crippen molar-refractivity contribution >= 4 is 10.8 Å². The zero-order valence-electron chi connectivity index (χ0n) is 9.51. The van der Waals surface area contributed by atoms with Crippen LogP contribution in [0.5, 0.6) is 0 Å². The zero-order chi connectivity index (χ0) is 13.0. The summed E-state index contributed by atoms with van der Waals surface area (Å²) in [4.78, 5) is 6.57. The van der Waals surface area contributed by atoms with Gasteiger partial charge in [0.1, 0.15) is 6.10 Å². The predicted molar refractivity (Wildman–Crippen MR) is 66.7 cm³/mol. The molecule has 0 fully saturated rings. The first-order valence-electron chi connectivity index (χ1n) is 5.43. The molecule has 1 heterocycles. The molecule has 1 aromatic heterocycles. The summed E-state index contributed by atoms with van der Waals surface area (Å²) in [6.07, 6.45) is 0.917. The highest BCUT2D eigenvalue weighted by Crippen LogP contribution is 2.25. The van der Waals surface area contributed by atoms with Crippen LogP contribution in [0.2, 0.25) is 0 Å². The molecule has 0 saturated heterocycles. The SMILES string of the molecule is [N-]=[N+]=NCC(O)C(O)c1cncc2ccccc12. The second-order valence-electron chi connectivity index (χ2n) is 3.88. The minimum Gasteiger partial charge on any atom is -0.390 e. The van der Waals surface area contributed by atoms with E-state index in [0.29, 0.717) is 5.56 Å². The summed E-state index contributed by atoms with van der Waals surface area (Å²) in [6.45, 7) is -0.180. The number of benzene rings is 1. The van der Waals surface area contributed by atoms with Crippen molar-refractivity contribution in [3.8, 4) is 0 Å². The fourth-order valence-electron chi connectivity index (χ4n) is 1.80. The molecule has 0 saturated carbocycles. The molecule has 92 valence electrons. The van der Waals surface area contributed by atoms with Crippen LogP contribution in [0, 0.1) is 0 Å². The molecule has 18 heavy (non-hydrogen) atoms. The Morgan fingerprint density at radius 1 is 1.28 bits per heavy atom. The van der Waals surface area contributed by atoms with Crippen molar-refractivity contribution in [2.24, 2.45) is 5.11 Å². The molecule has 2 atom stereocenters. The van der Waals surface area contributed by atoms with Gasteiger partial charge < -0.3 is 10.2 Å². The van der Waals surface area contributed by atoms with Gasteiger partial charge in [-0.2, -0.15) is 0 Å². The number of aliphatic hydroxyl groups excluding tert-OH is 2. The third-order valence-corrected chi connectivity index (χ3v) is 2.71. The number of rotatable bonds is 4. The third-order valence-electron chi connectivity index (χ3n) is 2.71. The lowest BCUT2D eigenvalue weighted by molar-refractivity contribution is 0.0251. The van der Waals surface area contributed by atoms with Gasteiger partial charge in [0.05, 0.1) is 12.6 Å². The molecule has 0 radical (unpaired) electrons. The highest BCUT2D eigenvalue weighted by atomic mass is 16.3. The van der Waals surface area contributed by atoms with E-state index in [9.17, 15) is 10.2 Å². The molecule has 6 heteroatoms. The zero-order valence-corrected chi connectivity index (χ0v) is 9.51. The predicted octanol–water partition coefficient (Wildman–Crippen LogP) is 1.94. The lowest BCUT2D eigenvalue weighted by atomic mass is 10.00. The molecule has 2 N–H and O–H groups in total. The minimum absolute atomic E-state index is 0.180. The molecule has 6 nitrogen and oxygen atoms in total. The van der Waals surface area contributed by atoms with Crippen LogP contribution < -0.4 is 0 Å². The van der Waals surface area contributed by atoms with E-state index < -0.39 is 12.2 Å². The molecule has 2 aromatic rings. The summed E-state index contributed by atoms with van der Waals surface area (Å²) in [5.74, 6) is 0. The summed E-state index contributed by atoms with van der Waals surface area (Å²) in [7, 11) is 0. The molecule has 0 aliphatic rings. The number of aromatic nitrogens is 1. The van der Waals surface area contributed by atoms with Crippen molar-refractivity contribution < 1.29 is 10.2 Å². The topological polar surface area (TPSA) is 102 Å². The van der Waals surface area contributed by atoms with Crippen LogP contribution in [0.1, 0.15) is 11.7 Å². The Hall–Kier alpha value is -2.14. The van der Waals surface area contributed by atoms with Gasteiger partial charge in [0.25, 0.3) is 0 Å². The van der Waals surface area contributed by atoms with E-state index in [2.05, 4.69) is 15.0 Å². The molecule has 1 aromatic carbocycles. The maximum Gasteiger partial charge on any atom is 0.107 e. The number of aliphatic hydroxyl groups is 2. The van der Waals surface area contributed by atoms with E-state index in [1.54, 1.807) is 6.20 Å². The van der Waals surface area contributed by atoms with Gasteiger partial charge in [-0.25, -0.2) is 0 Å². The monoisotopic (exact) mass is 244 g/mol. The molecule has 2 unspecified atom stereocenters. The van der Waals surface area contributed by atoms with Crippen LogP contribution in [0.4, 0.5) is 0 Å². The highest BCUT2D eigenvalue weighted by Gasteiger charge is 2.19. The number of hydrogen-bond acceptors (Lipinski definition) is 4. The average molecular weight is 244 g/mol. The average Bonchev–Trinajstić information content (AvgIpc) is 2.43. The van der Waals surface area contributed by atoms with Crippen molar-refractivity contribution in [3.05, 3.63) is 52.7 Å². The van der Waals surface area contributed by atoms with Crippen molar-refractivity contribution in [2.75, 3.05) is 6.54 Å². The smallest absolute Gasteiger partial charge is 0.107 e. The Morgan fingerprint density at radius 2 is 2.06 bits per heavy atom. The Morgan fingerprint density at radius 3 is 2.83 bits per heavy atom. The van der Waals surface area contributed by atoms with Crippen molar-refractivity contribution in [2.45, 2.75) is 12.2 Å². The van der Waals surface area contributed by atoms with Crippen LogP contribution >= 0.6 is 0 Å². The Bertz CT molecular complexity index is 590. The van der Waals surface area contributed by atoms with E-state index in [4.69, 9.17) is 5.53 Å². The summed E-state index contributed by atoms with van der Waals surface area (Å²) >= 11 is 0. The van der Waals surface area contributed by atoms with Gasteiger partial charge in [0.15, 0.2) is 0 Å². The third kappa shape index (κ3) is 2.41. The first-order valence-corrected chi connectivity index (χ1v) is 5.43. The van der Waals surface area contributed by atoms with Gasteiger partial charge in [-0.05, 0) is 10.9 Å². The summed E-state index contributed by atoms with van der Waals surface area (Å²) in [5.41, 5.74) is 8.71. The number of hydrogen-bond donors (Lipinski definition) is 2. The molecule has 0 bridgehead atoms. The van der Waals surface area contributed by atoms with Crippen LogP contribution in [0.15, 0.2) is 41.8 Å². The van der Waals surface area contributed by atoms with Crippen molar-refractivity contribution in [1.29, 1.82) is 0 Å². The maximum atomic E-state index is 10.0. The molecular formula is C12H12N4O2. The maximum absolute atomic E-state index is 10.0. The normalized spacial score (nSPS) is 13.9. The first-order chi connectivity index (χ1) is 8.74. The number of nitrogens with zero attached hydrogens (tertiary/aromatic N) is 4. The fourth-order valence-corrected chi connectivity index (χ4v) is 1.80. The molecular weight excluding hydrogens is 232 g/mol. The summed E-state index contributed by atoms with van der Waals surface area (Å²) < 4.78 is 0. The lowest BCUT2D eigenvalue weighted by Gasteiger charge is -2.17. The minimum atomic E-state index is -1.14. The van der Waals surface area contributed by atoms with E-state index in [1.165, 1.54) is 6.20 Å². The first kappa shape index (κ1) is 12.3. The Labute approximate surface area is 103 Å². The Kier molecular flexibility index (Phi) is 3.74. The van der Waals surface area contributed by atoms with Gasteiger partial charge in [-0.3, -0.25) is 4.98 Å². The van der Waals surface area contributed by atoms with Crippen LogP contribution in [0.3, 0.4) is 0 Å². The van der Waals surface area contributed by atoms with E-state index >= 15 is 0 Å². The fraction of sp³-hybridized carbons (Fsp3) is 0.250. The van der Waals surface area contributed by atoms with Crippen LogP contribution in [0.25, 0.3) is 21.2 Å². The molecule has 2 rings (SSSR count). The van der Waals surface area contributed by atoms with Crippen molar-refractivity contribution in [3.63, 3.8) is 0 Å². The lowest BCUT2D eigenvalue weighted by Crippen LogP contribution is -2.21. The second-order valence-corrected chi connectivity index (χ2v) is 3.88. The second kappa shape index (κ2) is 5.46. The quantitative estimate of drug-likeness (QED) is 0.488. The highest BCUT2D eigenvalue weighted by molar-refractivity contribution is 5.84. The van der Waals surface area contributed by atoms with Gasteiger partial charge in [0, 0.05) is 28.3 Å². The van der Waals surface area contributed by atoms with Crippen LogP contribution in [-0.4, -0.2) is 27.8 Å². The number of pyridine rings is 1. The largest absolute Gasteiger partial charge is 0.390 e. The van der Waals surface area contributed by atoms with Gasteiger partial charge in [-0.1, -0.05) is 29.4 Å². The molecule has 0 aliphatic heterocycles. The Balaban J connectivity index is 2.38. The van der Waals surface area contributed by atoms with E-state index in [-0.39, 0.29) is 6.54 Å². The van der Waals surface area contributed by atoms with Gasteiger partial charge >= 0.3 is 0 Å².